The van der Waals surface area contributed by atoms with Crippen molar-refractivity contribution in [2.24, 2.45) is 5.73 Å². The molecule has 2 N–H and O–H groups in total. The molecule has 8 heteroatoms. The van der Waals surface area contributed by atoms with Crippen molar-refractivity contribution in [2.75, 3.05) is 20.2 Å². The molecular formula is C12H13BrF2N2O2S. The van der Waals surface area contributed by atoms with Crippen molar-refractivity contribution >= 4 is 39.0 Å². The smallest absolute Gasteiger partial charge is 0.260 e. The number of amides is 1. The van der Waals surface area contributed by atoms with Crippen LogP contribution in [0.15, 0.2) is 16.6 Å². The first kappa shape index (κ1) is 16.8. The van der Waals surface area contributed by atoms with Gasteiger partial charge in [-0.1, -0.05) is 28.1 Å². The van der Waals surface area contributed by atoms with Crippen LogP contribution in [0.4, 0.5) is 8.78 Å². The Balaban J connectivity index is 2.59. The van der Waals surface area contributed by atoms with E-state index in [-0.39, 0.29) is 11.7 Å². The van der Waals surface area contributed by atoms with Crippen LogP contribution in [0.3, 0.4) is 0 Å². The molecule has 0 unspecified atom stereocenters. The minimum atomic E-state index is -1.13. The molecule has 0 saturated carbocycles. The summed E-state index contributed by atoms with van der Waals surface area (Å²) in [6.45, 7) is -0.0620. The van der Waals surface area contributed by atoms with E-state index in [2.05, 4.69) is 15.9 Å². The number of rotatable bonds is 6. The lowest BCUT2D eigenvalue weighted by molar-refractivity contribution is -0.132. The quantitative estimate of drug-likeness (QED) is 0.619. The zero-order valence-corrected chi connectivity index (χ0v) is 13.1. The van der Waals surface area contributed by atoms with Crippen molar-refractivity contribution in [2.45, 2.75) is 6.42 Å². The highest BCUT2D eigenvalue weighted by atomic mass is 79.9. The number of carbonyl (C=O) groups is 1. The van der Waals surface area contributed by atoms with Crippen molar-refractivity contribution in [1.82, 2.24) is 4.90 Å². The molecule has 20 heavy (non-hydrogen) atoms. The van der Waals surface area contributed by atoms with E-state index in [9.17, 15) is 13.6 Å². The molecule has 0 saturated heterocycles. The summed E-state index contributed by atoms with van der Waals surface area (Å²) in [7, 11) is 1.54. The third-order valence-electron chi connectivity index (χ3n) is 2.43. The number of ether oxygens (including phenoxy) is 1. The Hall–Kier alpha value is -1.28. The summed E-state index contributed by atoms with van der Waals surface area (Å²) in [6, 6.07) is 2.22. The van der Waals surface area contributed by atoms with Crippen molar-refractivity contribution < 1.29 is 18.3 Å². The molecule has 0 aliphatic carbocycles. The molecule has 0 aliphatic heterocycles. The van der Waals surface area contributed by atoms with Crippen molar-refractivity contribution in [3.8, 4) is 5.75 Å². The maximum atomic E-state index is 13.4. The lowest BCUT2D eigenvalue weighted by atomic mass is 10.3. The van der Waals surface area contributed by atoms with Crippen molar-refractivity contribution in [3.05, 3.63) is 28.2 Å². The molecule has 1 aromatic carbocycles. The molecule has 1 rings (SSSR count). The van der Waals surface area contributed by atoms with Gasteiger partial charge >= 0.3 is 0 Å². The number of carbonyl (C=O) groups excluding carboxylic acids is 1. The summed E-state index contributed by atoms with van der Waals surface area (Å²) in [5.74, 6) is -2.90. The summed E-state index contributed by atoms with van der Waals surface area (Å²) >= 11 is 7.71. The van der Waals surface area contributed by atoms with Crippen LogP contribution >= 0.6 is 28.1 Å². The first-order valence-electron chi connectivity index (χ1n) is 5.61. The second-order valence-electron chi connectivity index (χ2n) is 4.02. The van der Waals surface area contributed by atoms with E-state index in [1.807, 2.05) is 0 Å². The molecule has 0 bridgehead atoms. The Bertz CT molecular complexity index is 528. The van der Waals surface area contributed by atoms with Gasteiger partial charge in [0.05, 0.1) is 4.99 Å². The predicted molar refractivity (Wildman–Crippen MR) is 78.6 cm³/mol. The average molecular weight is 367 g/mol. The van der Waals surface area contributed by atoms with E-state index >= 15 is 0 Å². The zero-order chi connectivity index (χ0) is 15.3. The molecule has 0 atom stereocenters. The minimum Gasteiger partial charge on any atom is -0.481 e. The maximum Gasteiger partial charge on any atom is 0.260 e. The first-order chi connectivity index (χ1) is 9.31. The van der Waals surface area contributed by atoms with Gasteiger partial charge in [0, 0.05) is 24.5 Å². The summed E-state index contributed by atoms with van der Waals surface area (Å²) in [6.07, 6.45) is 0.386. The second-order valence-corrected chi connectivity index (χ2v) is 5.46. The largest absolute Gasteiger partial charge is 0.481 e. The van der Waals surface area contributed by atoms with Gasteiger partial charge in [-0.15, -0.1) is 0 Å². The number of nitrogens with two attached hydrogens (primary N) is 1. The Labute approximate surface area is 129 Å². The second kappa shape index (κ2) is 7.49. The molecule has 0 heterocycles. The lowest BCUT2D eigenvalue weighted by Gasteiger charge is -2.17. The van der Waals surface area contributed by atoms with Crippen LogP contribution in [0.1, 0.15) is 6.42 Å². The van der Waals surface area contributed by atoms with Crippen LogP contribution in [0.2, 0.25) is 0 Å². The Morgan fingerprint density at radius 2 is 2.15 bits per heavy atom. The standard InChI is InChI=1S/C12H13BrF2N2O2S/c1-17(3-2-10(16)20)11(18)6-19-9-5-7(13)4-8(14)12(9)15/h4-5H,2-3,6H2,1H3,(H2,16,20). The average Bonchev–Trinajstić information content (AvgIpc) is 2.37. The molecule has 0 radical (unpaired) electrons. The summed E-state index contributed by atoms with van der Waals surface area (Å²) < 4.78 is 31.8. The number of nitrogens with zero attached hydrogens (tertiary/aromatic N) is 1. The van der Waals surface area contributed by atoms with E-state index in [0.29, 0.717) is 22.4 Å². The highest BCUT2D eigenvalue weighted by molar-refractivity contribution is 9.10. The van der Waals surface area contributed by atoms with Crippen LogP contribution in [0.5, 0.6) is 5.75 Å². The highest BCUT2D eigenvalue weighted by Crippen LogP contribution is 2.25. The fourth-order valence-corrected chi connectivity index (χ4v) is 1.79. The van der Waals surface area contributed by atoms with Gasteiger partial charge in [0.2, 0.25) is 5.82 Å². The third kappa shape index (κ3) is 5.01. The summed E-state index contributed by atoms with van der Waals surface area (Å²) in [5, 5.41) is 0. The summed E-state index contributed by atoms with van der Waals surface area (Å²) in [4.78, 5) is 13.3. The van der Waals surface area contributed by atoms with Gasteiger partial charge in [0.25, 0.3) is 5.91 Å². The Morgan fingerprint density at radius 1 is 1.50 bits per heavy atom. The molecule has 0 spiro atoms. The van der Waals surface area contributed by atoms with Crippen LogP contribution in [-0.4, -0.2) is 36.0 Å². The zero-order valence-electron chi connectivity index (χ0n) is 10.7. The molecular weight excluding hydrogens is 354 g/mol. The normalized spacial score (nSPS) is 10.2. The van der Waals surface area contributed by atoms with Gasteiger partial charge < -0.3 is 15.4 Å². The van der Waals surface area contributed by atoms with Crippen molar-refractivity contribution in [3.63, 3.8) is 0 Å². The fraction of sp³-hybridized carbons (Fsp3) is 0.333. The molecule has 0 fully saturated rings. The van der Waals surface area contributed by atoms with E-state index < -0.39 is 18.2 Å². The third-order valence-corrected chi connectivity index (χ3v) is 3.09. The molecule has 110 valence electrons. The number of halogens is 3. The number of benzene rings is 1. The van der Waals surface area contributed by atoms with Crippen LogP contribution in [0, 0.1) is 11.6 Å². The van der Waals surface area contributed by atoms with E-state index in [4.69, 9.17) is 22.7 Å². The van der Waals surface area contributed by atoms with Gasteiger partial charge in [-0.05, 0) is 12.1 Å². The summed E-state index contributed by atoms with van der Waals surface area (Å²) in [5.41, 5.74) is 5.32. The van der Waals surface area contributed by atoms with Gasteiger partial charge in [0.1, 0.15) is 0 Å². The van der Waals surface area contributed by atoms with Gasteiger partial charge in [-0.3, -0.25) is 4.79 Å². The monoisotopic (exact) mass is 366 g/mol. The minimum absolute atomic E-state index is 0.297. The Kier molecular flexibility index (Phi) is 6.28. The van der Waals surface area contributed by atoms with Gasteiger partial charge in [-0.25, -0.2) is 4.39 Å². The number of thiocarbonyl (C=S) groups is 1. The van der Waals surface area contributed by atoms with E-state index in [1.54, 1.807) is 7.05 Å². The van der Waals surface area contributed by atoms with Crippen LogP contribution < -0.4 is 10.5 Å². The number of hydrogen-bond acceptors (Lipinski definition) is 3. The number of likely N-dealkylation sites (N-methyl/N-ethyl adjacent to an activating group) is 1. The lowest BCUT2D eigenvalue weighted by Crippen LogP contribution is -2.33. The highest BCUT2D eigenvalue weighted by Gasteiger charge is 2.14. The number of hydrogen-bond donors (Lipinski definition) is 1. The van der Waals surface area contributed by atoms with Crippen LogP contribution in [-0.2, 0) is 4.79 Å². The molecule has 0 aliphatic rings. The SMILES string of the molecule is CN(CCC(N)=S)C(=O)COc1cc(Br)cc(F)c1F. The predicted octanol–water partition coefficient (Wildman–Crippen LogP) is 2.24. The van der Waals surface area contributed by atoms with E-state index in [0.717, 1.165) is 6.07 Å². The first-order valence-corrected chi connectivity index (χ1v) is 6.81. The molecule has 0 aromatic heterocycles. The fourth-order valence-electron chi connectivity index (χ4n) is 1.29. The topological polar surface area (TPSA) is 55.6 Å². The maximum absolute atomic E-state index is 13.4. The molecule has 1 aromatic rings. The van der Waals surface area contributed by atoms with Crippen LogP contribution in [0.25, 0.3) is 0 Å². The Morgan fingerprint density at radius 3 is 2.75 bits per heavy atom. The van der Waals surface area contributed by atoms with Gasteiger partial charge in [-0.2, -0.15) is 4.39 Å². The van der Waals surface area contributed by atoms with E-state index in [1.165, 1.54) is 11.0 Å². The van der Waals surface area contributed by atoms with Gasteiger partial charge in [0.15, 0.2) is 18.2 Å². The molecule has 4 nitrogen and oxygen atoms in total. The molecule has 1 amide bonds. The van der Waals surface area contributed by atoms with Crippen molar-refractivity contribution in [1.29, 1.82) is 0 Å².